The average molecular weight is 322 g/mol. The Bertz CT molecular complexity index is 307. The molecular formula is C21H39NO. The van der Waals surface area contributed by atoms with Crippen molar-refractivity contribution in [3.05, 3.63) is 12.2 Å². The van der Waals surface area contributed by atoms with Gasteiger partial charge in [-0.1, -0.05) is 77.4 Å². The lowest BCUT2D eigenvalue weighted by molar-refractivity contribution is -0.117. The van der Waals surface area contributed by atoms with Gasteiger partial charge >= 0.3 is 0 Å². The Hall–Kier alpha value is -0.920. The highest BCUT2D eigenvalue weighted by Gasteiger charge is 1.97. The van der Waals surface area contributed by atoms with Crippen molar-refractivity contribution < 1.29 is 4.79 Å². The zero-order valence-electron chi connectivity index (χ0n) is 15.7. The predicted molar refractivity (Wildman–Crippen MR) is 103 cm³/mol. The molecule has 0 aromatic carbocycles. The van der Waals surface area contributed by atoms with Crippen LogP contribution in [0.15, 0.2) is 17.1 Å². The second kappa shape index (κ2) is 19.1. The molecule has 2 nitrogen and oxygen atoms in total. The quantitative estimate of drug-likeness (QED) is 0.170. The van der Waals surface area contributed by atoms with Crippen molar-refractivity contribution in [2.45, 2.75) is 110 Å². The number of amides is 1. The molecule has 0 N–H and O–H groups in total. The Kier molecular flexibility index (Phi) is 18.4. The Morgan fingerprint density at radius 1 is 0.739 bits per heavy atom. The molecule has 0 aliphatic carbocycles. The number of unbranched alkanes of at least 4 members (excludes halogenated alkanes) is 11. The third kappa shape index (κ3) is 19.0. The summed E-state index contributed by atoms with van der Waals surface area (Å²) >= 11 is 0. The standard InChI is InChI=1S/C21H39NO/c1-3-5-6-7-8-9-10-11-12-13-14-15-16-17-18-19-21(23)22-20-4-2/h11-12,20H,3-10,13-19H2,1-2H3. The SMILES string of the molecule is CCC=NC(=O)CCCCCCCC=CCCCCCCCC. The van der Waals surface area contributed by atoms with E-state index >= 15 is 0 Å². The van der Waals surface area contributed by atoms with Crippen LogP contribution in [0.1, 0.15) is 110 Å². The summed E-state index contributed by atoms with van der Waals surface area (Å²) in [5.74, 6) is 0.0458. The number of hydrogen-bond donors (Lipinski definition) is 0. The minimum absolute atomic E-state index is 0.0458. The summed E-state index contributed by atoms with van der Waals surface area (Å²) in [7, 11) is 0. The maximum Gasteiger partial charge on any atom is 0.245 e. The van der Waals surface area contributed by atoms with E-state index < -0.39 is 0 Å². The summed E-state index contributed by atoms with van der Waals surface area (Å²) in [6, 6.07) is 0. The number of rotatable bonds is 16. The highest BCUT2D eigenvalue weighted by Crippen LogP contribution is 2.10. The molecular weight excluding hydrogens is 282 g/mol. The molecule has 23 heavy (non-hydrogen) atoms. The molecule has 0 aliphatic rings. The van der Waals surface area contributed by atoms with E-state index in [1.807, 2.05) is 6.92 Å². The van der Waals surface area contributed by atoms with E-state index in [2.05, 4.69) is 24.1 Å². The van der Waals surface area contributed by atoms with Crippen molar-refractivity contribution in [3.8, 4) is 0 Å². The lowest BCUT2D eigenvalue weighted by atomic mass is 10.1. The molecule has 0 atom stereocenters. The van der Waals surface area contributed by atoms with E-state index in [1.54, 1.807) is 6.21 Å². The van der Waals surface area contributed by atoms with E-state index in [0.29, 0.717) is 6.42 Å². The van der Waals surface area contributed by atoms with Gasteiger partial charge in [-0.15, -0.1) is 0 Å². The fourth-order valence-corrected chi connectivity index (χ4v) is 2.60. The van der Waals surface area contributed by atoms with Crippen LogP contribution in [-0.2, 0) is 4.79 Å². The molecule has 0 saturated carbocycles. The second-order valence-corrected chi connectivity index (χ2v) is 6.45. The first kappa shape index (κ1) is 22.1. The highest BCUT2D eigenvalue weighted by molar-refractivity contribution is 5.84. The number of nitrogens with zero attached hydrogens (tertiary/aromatic N) is 1. The van der Waals surface area contributed by atoms with Crippen LogP contribution in [0.5, 0.6) is 0 Å². The van der Waals surface area contributed by atoms with Crippen LogP contribution in [0.3, 0.4) is 0 Å². The van der Waals surface area contributed by atoms with E-state index in [1.165, 1.54) is 70.6 Å². The van der Waals surface area contributed by atoms with Crippen molar-refractivity contribution in [1.29, 1.82) is 0 Å². The fourth-order valence-electron chi connectivity index (χ4n) is 2.60. The molecule has 2 heteroatoms. The van der Waals surface area contributed by atoms with Gasteiger partial charge in [-0.3, -0.25) is 4.79 Å². The van der Waals surface area contributed by atoms with Crippen LogP contribution in [0, 0.1) is 0 Å². The van der Waals surface area contributed by atoms with Gasteiger partial charge in [0, 0.05) is 12.6 Å². The van der Waals surface area contributed by atoms with E-state index in [4.69, 9.17) is 0 Å². The first-order valence-corrected chi connectivity index (χ1v) is 10.0. The number of allylic oxidation sites excluding steroid dienone is 2. The van der Waals surface area contributed by atoms with Gasteiger partial charge in [0.15, 0.2) is 0 Å². The van der Waals surface area contributed by atoms with Crippen LogP contribution >= 0.6 is 0 Å². The monoisotopic (exact) mass is 321 g/mol. The van der Waals surface area contributed by atoms with Crippen molar-refractivity contribution >= 4 is 12.1 Å². The third-order valence-corrected chi connectivity index (χ3v) is 4.07. The molecule has 0 aromatic heterocycles. The molecule has 134 valence electrons. The summed E-state index contributed by atoms with van der Waals surface area (Å²) in [6.07, 6.45) is 24.7. The maximum absolute atomic E-state index is 11.3. The topological polar surface area (TPSA) is 29.4 Å². The summed E-state index contributed by atoms with van der Waals surface area (Å²) in [5, 5.41) is 0. The second-order valence-electron chi connectivity index (χ2n) is 6.45. The lowest BCUT2D eigenvalue weighted by Gasteiger charge is -1.99. The molecule has 0 unspecified atom stereocenters. The minimum atomic E-state index is 0.0458. The molecule has 1 amide bonds. The first-order chi connectivity index (χ1) is 11.3. The largest absolute Gasteiger partial charge is 0.273 e. The maximum atomic E-state index is 11.3. The minimum Gasteiger partial charge on any atom is -0.273 e. The van der Waals surface area contributed by atoms with Gasteiger partial charge in [-0.2, -0.15) is 0 Å². The van der Waals surface area contributed by atoms with Gasteiger partial charge in [0.1, 0.15) is 0 Å². The van der Waals surface area contributed by atoms with Gasteiger partial charge in [-0.25, -0.2) is 4.99 Å². The van der Waals surface area contributed by atoms with Gasteiger partial charge < -0.3 is 0 Å². The molecule has 0 aliphatic heterocycles. The molecule has 0 radical (unpaired) electrons. The smallest absolute Gasteiger partial charge is 0.245 e. The lowest BCUT2D eigenvalue weighted by Crippen LogP contribution is -1.93. The Labute approximate surface area is 144 Å². The molecule has 0 fully saturated rings. The van der Waals surface area contributed by atoms with Crippen LogP contribution in [-0.4, -0.2) is 12.1 Å². The zero-order chi connectivity index (χ0) is 17.0. The first-order valence-electron chi connectivity index (χ1n) is 10.0. The predicted octanol–water partition coefficient (Wildman–Crippen LogP) is 7.03. The van der Waals surface area contributed by atoms with Gasteiger partial charge in [0.05, 0.1) is 0 Å². The zero-order valence-corrected chi connectivity index (χ0v) is 15.7. The molecule has 0 saturated heterocycles. The molecule has 0 spiro atoms. The van der Waals surface area contributed by atoms with E-state index in [0.717, 1.165) is 19.3 Å². The van der Waals surface area contributed by atoms with E-state index in [9.17, 15) is 4.79 Å². The van der Waals surface area contributed by atoms with Crippen LogP contribution in [0.25, 0.3) is 0 Å². The molecule has 0 rings (SSSR count). The summed E-state index contributed by atoms with van der Waals surface area (Å²) in [6.45, 7) is 4.27. The van der Waals surface area contributed by atoms with Crippen molar-refractivity contribution in [2.75, 3.05) is 0 Å². The van der Waals surface area contributed by atoms with Gasteiger partial charge in [-0.05, 0) is 38.5 Å². The third-order valence-electron chi connectivity index (χ3n) is 4.07. The number of aliphatic imine (C=N–C) groups is 1. The average Bonchev–Trinajstić information content (AvgIpc) is 2.56. The highest BCUT2D eigenvalue weighted by atomic mass is 16.1. The molecule has 0 heterocycles. The molecule has 0 bridgehead atoms. The fraction of sp³-hybridized carbons (Fsp3) is 0.810. The van der Waals surface area contributed by atoms with Gasteiger partial charge in [0.25, 0.3) is 0 Å². The van der Waals surface area contributed by atoms with Crippen LogP contribution in [0.4, 0.5) is 0 Å². The number of carbonyl (C=O) groups is 1. The van der Waals surface area contributed by atoms with Crippen molar-refractivity contribution in [1.82, 2.24) is 0 Å². The Balaban J connectivity index is 3.19. The van der Waals surface area contributed by atoms with Crippen molar-refractivity contribution in [2.24, 2.45) is 4.99 Å². The van der Waals surface area contributed by atoms with Crippen LogP contribution < -0.4 is 0 Å². The van der Waals surface area contributed by atoms with Crippen molar-refractivity contribution in [3.63, 3.8) is 0 Å². The number of hydrogen-bond acceptors (Lipinski definition) is 1. The van der Waals surface area contributed by atoms with Crippen LogP contribution in [0.2, 0.25) is 0 Å². The molecule has 0 aromatic rings. The number of carbonyl (C=O) groups excluding carboxylic acids is 1. The normalized spacial score (nSPS) is 11.7. The summed E-state index contributed by atoms with van der Waals surface area (Å²) in [5.41, 5.74) is 0. The summed E-state index contributed by atoms with van der Waals surface area (Å²) in [4.78, 5) is 15.2. The Morgan fingerprint density at radius 2 is 1.26 bits per heavy atom. The summed E-state index contributed by atoms with van der Waals surface area (Å²) < 4.78 is 0. The Morgan fingerprint density at radius 3 is 1.83 bits per heavy atom. The van der Waals surface area contributed by atoms with E-state index in [-0.39, 0.29) is 5.91 Å². The van der Waals surface area contributed by atoms with Gasteiger partial charge in [0.2, 0.25) is 5.91 Å².